The molecule has 0 amide bonds. The van der Waals surface area contributed by atoms with E-state index in [4.69, 9.17) is 0 Å². The fourth-order valence-corrected chi connectivity index (χ4v) is 3.48. The minimum absolute atomic E-state index is 0.469. The second kappa shape index (κ2) is 7.25. The Bertz CT molecular complexity index is 963. The first-order valence-corrected chi connectivity index (χ1v) is 8.73. The van der Waals surface area contributed by atoms with Crippen LogP contribution in [0.1, 0.15) is 5.69 Å². The number of anilines is 2. The van der Waals surface area contributed by atoms with Crippen molar-refractivity contribution in [2.75, 3.05) is 17.2 Å². The summed E-state index contributed by atoms with van der Waals surface area (Å²) in [5, 5.41) is 20.9. The molecule has 3 heterocycles. The Labute approximate surface area is 154 Å². The molecule has 1 aliphatic rings. The van der Waals surface area contributed by atoms with Crippen molar-refractivity contribution in [3.8, 4) is 6.07 Å². The number of fused-ring (bicyclic) bond motifs is 1. The van der Waals surface area contributed by atoms with Gasteiger partial charge in [-0.25, -0.2) is 15.0 Å². The molecule has 2 N–H and O–H groups in total. The van der Waals surface area contributed by atoms with Crippen LogP contribution in [-0.4, -0.2) is 31.3 Å². The molecule has 128 valence electrons. The Balaban J connectivity index is 1.52. The van der Waals surface area contributed by atoms with E-state index >= 15 is 0 Å². The van der Waals surface area contributed by atoms with Crippen molar-refractivity contribution in [2.45, 2.75) is 11.4 Å². The molecule has 1 aromatic carbocycles. The molecule has 0 unspecified atom stereocenters. The predicted molar refractivity (Wildman–Crippen MR) is 99.0 cm³/mol. The third-order valence-corrected chi connectivity index (χ3v) is 4.77. The normalized spacial score (nSPS) is 14.3. The van der Waals surface area contributed by atoms with Crippen LogP contribution in [0.5, 0.6) is 0 Å². The van der Waals surface area contributed by atoms with Crippen molar-refractivity contribution in [3.63, 3.8) is 0 Å². The first-order chi connectivity index (χ1) is 12.8. The van der Waals surface area contributed by atoms with Crippen molar-refractivity contribution in [1.82, 2.24) is 24.7 Å². The van der Waals surface area contributed by atoms with Crippen LogP contribution in [0.2, 0.25) is 0 Å². The second-order valence-corrected chi connectivity index (χ2v) is 6.44. The van der Waals surface area contributed by atoms with Gasteiger partial charge < -0.3 is 10.6 Å². The lowest BCUT2D eigenvalue weighted by molar-refractivity contribution is 0.634. The smallest absolute Gasteiger partial charge is 0.223 e. The Morgan fingerprint density at radius 1 is 1.31 bits per heavy atom. The van der Waals surface area contributed by atoms with E-state index in [0.29, 0.717) is 30.3 Å². The van der Waals surface area contributed by atoms with E-state index in [1.165, 1.54) is 18.1 Å². The molecule has 9 heteroatoms. The van der Waals surface area contributed by atoms with Crippen molar-refractivity contribution in [2.24, 2.45) is 0 Å². The molecule has 0 atom stereocenters. The van der Waals surface area contributed by atoms with Gasteiger partial charge in [-0.1, -0.05) is 23.9 Å². The highest BCUT2D eigenvalue weighted by Crippen LogP contribution is 2.43. The topological polar surface area (TPSA) is 104 Å². The zero-order valence-corrected chi connectivity index (χ0v) is 14.4. The number of allylic oxidation sites excluding steroid dienone is 1. The summed E-state index contributed by atoms with van der Waals surface area (Å²) in [7, 11) is 0. The minimum atomic E-state index is 0.469. The molecule has 1 aliphatic heterocycles. The summed E-state index contributed by atoms with van der Waals surface area (Å²) in [6, 6.07) is 11.9. The standard InChI is InChI=1S/C17H14N8S/c18-9-12(16-23-14-3-1-2-4-15(14)26-16)13-5-6-20-17(24-13)21-7-8-25-11-19-10-22-25/h1-6,10-11,23H,7-8H2,(H,20,21,24)/b16-12+. The number of hydrogen-bond acceptors (Lipinski definition) is 8. The lowest BCUT2D eigenvalue weighted by Gasteiger charge is -2.07. The zero-order valence-electron chi connectivity index (χ0n) is 13.6. The zero-order chi connectivity index (χ0) is 17.8. The van der Waals surface area contributed by atoms with E-state index in [9.17, 15) is 5.26 Å². The highest BCUT2D eigenvalue weighted by atomic mass is 32.2. The fourth-order valence-electron chi connectivity index (χ4n) is 2.47. The molecule has 0 fully saturated rings. The van der Waals surface area contributed by atoms with Crippen LogP contribution in [-0.2, 0) is 6.54 Å². The van der Waals surface area contributed by atoms with Crippen molar-refractivity contribution >= 4 is 29.0 Å². The van der Waals surface area contributed by atoms with E-state index in [1.807, 2.05) is 24.3 Å². The Hall–Kier alpha value is -3.38. The van der Waals surface area contributed by atoms with Gasteiger partial charge in [-0.05, 0) is 18.2 Å². The maximum atomic E-state index is 9.65. The minimum Gasteiger partial charge on any atom is -0.352 e. The largest absolute Gasteiger partial charge is 0.352 e. The van der Waals surface area contributed by atoms with Crippen molar-refractivity contribution in [1.29, 1.82) is 5.26 Å². The van der Waals surface area contributed by atoms with Gasteiger partial charge in [0.05, 0.1) is 23.0 Å². The molecule has 26 heavy (non-hydrogen) atoms. The first kappa shape index (κ1) is 16.1. The number of nitriles is 1. The van der Waals surface area contributed by atoms with Gasteiger partial charge >= 0.3 is 0 Å². The maximum absolute atomic E-state index is 9.65. The van der Waals surface area contributed by atoms with Crippen molar-refractivity contribution in [3.05, 3.63) is 59.9 Å². The second-order valence-electron chi connectivity index (χ2n) is 5.39. The lowest BCUT2D eigenvalue weighted by Crippen LogP contribution is -2.13. The predicted octanol–water partition coefficient (Wildman–Crippen LogP) is 2.59. The van der Waals surface area contributed by atoms with Crippen LogP contribution in [0.15, 0.2) is 59.1 Å². The van der Waals surface area contributed by atoms with Gasteiger partial charge in [0.2, 0.25) is 5.95 Å². The van der Waals surface area contributed by atoms with Gasteiger partial charge in [-0.3, -0.25) is 4.68 Å². The number of hydrogen-bond donors (Lipinski definition) is 2. The van der Waals surface area contributed by atoms with Crippen LogP contribution >= 0.6 is 11.8 Å². The highest BCUT2D eigenvalue weighted by molar-refractivity contribution is 8.04. The number of rotatable bonds is 5. The molecular formula is C17H14N8S. The van der Waals surface area contributed by atoms with E-state index in [1.54, 1.807) is 23.3 Å². The summed E-state index contributed by atoms with van der Waals surface area (Å²) < 4.78 is 1.72. The van der Waals surface area contributed by atoms with Crippen LogP contribution in [0.4, 0.5) is 11.6 Å². The van der Waals surface area contributed by atoms with Crippen LogP contribution in [0.25, 0.3) is 5.57 Å². The van der Waals surface area contributed by atoms with Gasteiger partial charge in [0.15, 0.2) is 0 Å². The lowest BCUT2D eigenvalue weighted by atomic mass is 10.2. The molecule has 0 spiro atoms. The van der Waals surface area contributed by atoms with Gasteiger partial charge in [-0.2, -0.15) is 10.4 Å². The molecular weight excluding hydrogens is 348 g/mol. The van der Waals surface area contributed by atoms with E-state index in [0.717, 1.165) is 15.6 Å². The van der Waals surface area contributed by atoms with Gasteiger partial charge in [0, 0.05) is 17.6 Å². The molecule has 4 rings (SSSR count). The molecule has 0 bridgehead atoms. The number of aromatic nitrogens is 5. The Morgan fingerprint density at radius 2 is 2.23 bits per heavy atom. The number of nitrogens with zero attached hydrogens (tertiary/aromatic N) is 6. The monoisotopic (exact) mass is 362 g/mol. The van der Waals surface area contributed by atoms with E-state index in [2.05, 4.69) is 36.8 Å². The molecule has 0 radical (unpaired) electrons. The van der Waals surface area contributed by atoms with Crippen molar-refractivity contribution < 1.29 is 0 Å². The van der Waals surface area contributed by atoms with Gasteiger partial charge in [0.25, 0.3) is 0 Å². The first-order valence-electron chi connectivity index (χ1n) is 7.91. The summed E-state index contributed by atoms with van der Waals surface area (Å²) in [4.78, 5) is 13.7. The number of thioether (sulfide) groups is 1. The maximum Gasteiger partial charge on any atom is 0.223 e. The van der Waals surface area contributed by atoms with Gasteiger partial charge in [-0.15, -0.1) is 0 Å². The number of para-hydroxylation sites is 1. The molecule has 3 aromatic rings. The van der Waals surface area contributed by atoms with Crippen LogP contribution < -0.4 is 10.6 Å². The average Bonchev–Trinajstić information content (AvgIpc) is 3.32. The third-order valence-electron chi connectivity index (χ3n) is 3.69. The number of nitrogens with one attached hydrogen (secondary N) is 2. The summed E-state index contributed by atoms with van der Waals surface area (Å²) >= 11 is 1.53. The molecule has 2 aromatic heterocycles. The fraction of sp³-hybridized carbons (Fsp3) is 0.118. The molecule has 0 aliphatic carbocycles. The summed E-state index contributed by atoms with van der Waals surface area (Å²) in [5.41, 5.74) is 2.07. The van der Waals surface area contributed by atoms with E-state index < -0.39 is 0 Å². The summed E-state index contributed by atoms with van der Waals surface area (Å²) in [6.07, 6.45) is 4.79. The molecule has 0 saturated heterocycles. The van der Waals surface area contributed by atoms with E-state index in [-0.39, 0.29) is 0 Å². The third kappa shape index (κ3) is 3.36. The molecule has 0 saturated carbocycles. The quantitative estimate of drug-likeness (QED) is 0.668. The SMILES string of the molecule is N#C/C(=C1/Nc2ccccc2S1)c1ccnc(NCCn2cncn2)n1. The average molecular weight is 362 g/mol. The Morgan fingerprint density at radius 3 is 3.04 bits per heavy atom. The van der Waals surface area contributed by atoms with Crippen LogP contribution in [0.3, 0.4) is 0 Å². The highest BCUT2D eigenvalue weighted by Gasteiger charge is 2.20. The van der Waals surface area contributed by atoms with Gasteiger partial charge in [0.1, 0.15) is 24.3 Å². The summed E-state index contributed by atoms with van der Waals surface area (Å²) in [5.74, 6) is 0.469. The molecule has 8 nitrogen and oxygen atoms in total. The Kier molecular flexibility index (Phi) is 4.49. The van der Waals surface area contributed by atoms with Crippen LogP contribution in [0, 0.1) is 11.3 Å². The summed E-state index contributed by atoms with van der Waals surface area (Å²) in [6.45, 7) is 1.25. The number of benzene rings is 1.